The van der Waals surface area contributed by atoms with E-state index in [1.807, 2.05) is 0 Å². The molecule has 112 valence electrons. The molecule has 1 aromatic heterocycles. The Balaban J connectivity index is 2.18. The number of benzene rings is 2. The predicted molar refractivity (Wildman–Crippen MR) is 80.5 cm³/mol. The molecule has 2 aromatic carbocycles. The zero-order valence-electron chi connectivity index (χ0n) is 10.9. The fraction of sp³-hybridized carbons (Fsp3) is 0.0667. The smallest absolute Gasteiger partial charge is 0.306 e. The number of hydrogen-bond donors (Lipinski definition) is 1. The van der Waals surface area contributed by atoms with E-state index in [1.165, 1.54) is 6.07 Å². The van der Waals surface area contributed by atoms with Gasteiger partial charge < -0.3 is 4.98 Å². The average Bonchev–Trinajstić information content (AvgIpc) is 2.46. The molecule has 0 saturated heterocycles. The minimum absolute atomic E-state index is 0.209. The lowest BCUT2D eigenvalue weighted by Gasteiger charge is -2.10. The molecule has 3 aromatic rings. The van der Waals surface area contributed by atoms with Gasteiger partial charge in [-0.2, -0.15) is 13.2 Å². The third-order valence-electron chi connectivity index (χ3n) is 3.16. The number of nitrogens with zero attached hydrogens (tertiary/aromatic N) is 1. The third-order valence-corrected chi connectivity index (χ3v) is 3.82. The molecular weight excluding hydrogens is 361 g/mol. The summed E-state index contributed by atoms with van der Waals surface area (Å²) in [5.41, 5.74) is -0.248. The van der Waals surface area contributed by atoms with Crippen molar-refractivity contribution in [1.82, 2.24) is 9.97 Å². The first kappa shape index (κ1) is 14.8. The van der Waals surface area contributed by atoms with Crippen molar-refractivity contribution in [2.24, 2.45) is 0 Å². The van der Waals surface area contributed by atoms with Gasteiger partial charge in [0.1, 0.15) is 5.82 Å². The van der Waals surface area contributed by atoms with E-state index in [2.05, 4.69) is 25.9 Å². The molecule has 0 amide bonds. The van der Waals surface area contributed by atoms with Crippen molar-refractivity contribution < 1.29 is 13.2 Å². The van der Waals surface area contributed by atoms with Gasteiger partial charge >= 0.3 is 6.18 Å². The van der Waals surface area contributed by atoms with Crippen LogP contribution >= 0.6 is 15.9 Å². The zero-order chi connectivity index (χ0) is 15.9. The molecule has 1 heterocycles. The Morgan fingerprint density at radius 3 is 2.50 bits per heavy atom. The Kier molecular flexibility index (Phi) is 3.52. The number of para-hydroxylation sites is 1. The Morgan fingerprint density at radius 1 is 1.09 bits per heavy atom. The number of H-pyrrole nitrogens is 1. The fourth-order valence-electron chi connectivity index (χ4n) is 2.10. The lowest BCUT2D eigenvalue weighted by molar-refractivity contribution is -0.137. The minimum atomic E-state index is -4.43. The molecule has 3 nitrogen and oxygen atoms in total. The number of alkyl halides is 3. The van der Waals surface area contributed by atoms with Gasteiger partial charge in [-0.15, -0.1) is 0 Å². The standard InChI is InChI=1S/C15H8BrF3N2O/c16-11-7-8(15(17,18)19)5-6-9(11)13-20-12-4-2-1-3-10(12)14(22)21-13/h1-7H,(H,20,21,22). The van der Waals surface area contributed by atoms with Crippen LogP contribution in [0.5, 0.6) is 0 Å². The van der Waals surface area contributed by atoms with Gasteiger partial charge in [0.15, 0.2) is 0 Å². The number of nitrogens with one attached hydrogen (secondary N) is 1. The van der Waals surface area contributed by atoms with Crippen LogP contribution in [0.4, 0.5) is 13.2 Å². The van der Waals surface area contributed by atoms with E-state index < -0.39 is 11.7 Å². The largest absolute Gasteiger partial charge is 0.416 e. The van der Waals surface area contributed by atoms with Crippen molar-refractivity contribution in [3.05, 3.63) is 62.9 Å². The maximum absolute atomic E-state index is 12.7. The SMILES string of the molecule is O=c1[nH]c(-c2ccc(C(F)(F)F)cc2Br)nc2ccccc12. The van der Waals surface area contributed by atoms with Gasteiger partial charge in [0, 0.05) is 10.0 Å². The number of rotatable bonds is 1. The van der Waals surface area contributed by atoms with Crippen LogP contribution < -0.4 is 5.56 Å². The highest BCUT2D eigenvalue weighted by Gasteiger charge is 2.31. The summed E-state index contributed by atoms with van der Waals surface area (Å²) >= 11 is 3.10. The molecule has 0 radical (unpaired) electrons. The summed E-state index contributed by atoms with van der Waals surface area (Å²) in [5, 5.41) is 0.425. The van der Waals surface area contributed by atoms with Gasteiger partial charge in [-0.25, -0.2) is 4.98 Å². The molecule has 0 bridgehead atoms. The molecule has 0 atom stereocenters. The first-order valence-electron chi connectivity index (χ1n) is 6.22. The monoisotopic (exact) mass is 368 g/mol. The quantitative estimate of drug-likeness (QED) is 0.693. The third kappa shape index (κ3) is 2.64. The van der Waals surface area contributed by atoms with Crippen molar-refractivity contribution >= 4 is 26.8 Å². The average molecular weight is 369 g/mol. The molecule has 3 rings (SSSR count). The van der Waals surface area contributed by atoms with E-state index in [0.29, 0.717) is 16.5 Å². The highest BCUT2D eigenvalue weighted by Crippen LogP contribution is 2.34. The van der Waals surface area contributed by atoms with E-state index in [-0.39, 0.29) is 15.9 Å². The maximum atomic E-state index is 12.7. The molecule has 0 spiro atoms. The minimum Gasteiger partial charge on any atom is -0.306 e. The van der Waals surface area contributed by atoms with Crippen LogP contribution in [0.3, 0.4) is 0 Å². The number of aromatic nitrogens is 2. The van der Waals surface area contributed by atoms with Gasteiger partial charge in [-0.3, -0.25) is 4.79 Å². The second-order valence-electron chi connectivity index (χ2n) is 4.62. The van der Waals surface area contributed by atoms with Crippen LogP contribution in [0, 0.1) is 0 Å². The molecule has 0 saturated carbocycles. The van der Waals surface area contributed by atoms with E-state index >= 15 is 0 Å². The van der Waals surface area contributed by atoms with Crippen LogP contribution in [-0.4, -0.2) is 9.97 Å². The van der Waals surface area contributed by atoms with Crippen LogP contribution in [0.15, 0.2) is 51.7 Å². The van der Waals surface area contributed by atoms with Crippen LogP contribution in [0.2, 0.25) is 0 Å². The fourth-order valence-corrected chi connectivity index (χ4v) is 2.66. The molecule has 0 unspecified atom stereocenters. The molecule has 22 heavy (non-hydrogen) atoms. The summed E-state index contributed by atoms with van der Waals surface area (Å²) in [5.74, 6) is 0.212. The second kappa shape index (κ2) is 5.24. The van der Waals surface area contributed by atoms with Gasteiger partial charge in [0.2, 0.25) is 0 Å². The number of halogens is 4. The Hall–Kier alpha value is -2.15. The van der Waals surface area contributed by atoms with Crippen molar-refractivity contribution in [2.45, 2.75) is 6.18 Å². The van der Waals surface area contributed by atoms with Gasteiger partial charge in [-0.1, -0.05) is 28.1 Å². The summed E-state index contributed by atoms with van der Waals surface area (Å²) < 4.78 is 38.2. The van der Waals surface area contributed by atoms with Crippen LogP contribution in [0.1, 0.15) is 5.56 Å². The Morgan fingerprint density at radius 2 is 1.82 bits per heavy atom. The second-order valence-corrected chi connectivity index (χ2v) is 5.48. The van der Waals surface area contributed by atoms with Crippen LogP contribution in [0.25, 0.3) is 22.3 Å². The zero-order valence-corrected chi connectivity index (χ0v) is 12.5. The summed E-state index contributed by atoms with van der Waals surface area (Å²) in [6, 6.07) is 9.95. The molecule has 1 N–H and O–H groups in total. The number of aromatic amines is 1. The van der Waals surface area contributed by atoms with E-state index in [4.69, 9.17) is 0 Å². The van der Waals surface area contributed by atoms with Crippen molar-refractivity contribution in [2.75, 3.05) is 0 Å². The van der Waals surface area contributed by atoms with Crippen molar-refractivity contribution in [3.8, 4) is 11.4 Å². The van der Waals surface area contributed by atoms with Gasteiger partial charge in [-0.05, 0) is 30.3 Å². The van der Waals surface area contributed by atoms with E-state index in [1.54, 1.807) is 24.3 Å². The van der Waals surface area contributed by atoms with Crippen molar-refractivity contribution in [1.29, 1.82) is 0 Å². The summed E-state index contributed by atoms with van der Waals surface area (Å²) in [4.78, 5) is 18.9. The normalized spacial score (nSPS) is 11.8. The summed E-state index contributed by atoms with van der Waals surface area (Å²) in [7, 11) is 0. The number of hydrogen-bond acceptors (Lipinski definition) is 2. The van der Waals surface area contributed by atoms with Crippen molar-refractivity contribution in [3.63, 3.8) is 0 Å². The lowest BCUT2D eigenvalue weighted by Crippen LogP contribution is -2.10. The molecule has 0 aliphatic carbocycles. The maximum Gasteiger partial charge on any atom is 0.416 e. The Bertz CT molecular complexity index is 919. The Labute approximate surface area is 131 Å². The van der Waals surface area contributed by atoms with Gasteiger partial charge in [0.05, 0.1) is 16.5 Å². The van der Waals surface area contributed by atoms with E-state index in [9.17, 15) is 18.0 Å². The highest BCUT2D eigenvalue weighted by molar-refractivity contribution is 9.10. The molecule has 0 fully saturated rings. The van der Waals surface area contributed by atoms with Crippen LogP contribution in [-0.2, 0) is 6.18 Å². The summed E-state index contributed by atoms with van der Waals surface area (Å²) in [6.07, 6.45) is -4.43. The first-order valence-corrected chi connectivity index (χ1v) is 7.02. The highest BCUT2D eigenvalue weighted by atomic mass is 79.9. The summed E-state index contributed by atoms with van der Waals surface area (Å²) in [6.45, 7) is 0. The first-order chi connectivity index (χ1) is 10.4. The molecular formula is C15H8BrF3N2O. The molecule has 0 aliphatic heterocycles. The topological polar surface area (TPSA) is 45.8 Å². The predicted octanol–water partition coefficient (Wildman–Crippen LogP) is 4.37. The molecule has 0 aliphatic rings. The molecule has 7 heteroatoms. The lowest BCUT2D eigenvalue weighted by atomic mass is 10.1. The number of fused-ring (bicyclic) bond motifs is 1. The van der Waals surface area contributed by atoms with Gasteiger partial charge in [0.25, 0.3) is 5.56 Å². The van der Waals surface area contributed by atoms with E-state index in [0.717, 1.165) is 12.1 Å².